The van der Waals surface area contributed by atoms with Crippen molar-refractivity contribution in [2.45, 2.75) is 26.4 Å². The van der Waals surface area contributed by atoms with Gasteiger partial charge in [-0.3, -0.25) is 9.88 Å². The van der Waals surface area contributed by atoms with Gasteiger partial charge >= 0.3 is 0 Å². The third-order valence-corrected chi connectivity index (χ3v) is 3.12. The van der Waals surface area contributed by atoms with Crippen LogP contribution in [0.2, 0.25) is 0 Å². The molecule has 3 nitrogen and oxygen atoms in total. The second kappa shape index (κ2) is 5.41. The van der Waals surface area contributed by atoms with Gasteiger partial charge in [-0.1, -0.05) is 13.0 Å². The highest BCUT2D eigenvalue weighted by Crippen LogP contribution is 2.17. The topological polar surface area (TPSA) is 28.2 Å². The molecule has 1 aliphatic heterocycles. The predicted molar refractivity (Wildman–Crippen MR) is 66.1 cm³/mol. The van der Waals surface area contributed by atoms with Gasteiger partial charge in [-0.2, -0.15) is 0 Å². The summed E-state index contributed by atoms with van der Waals surface area (Å²) in [5, 5.41) is 3.14. The van der Waals surface area contributed by atoms with Crippen LogP contribution in [0.3, 0.4) is 0 Å². The quantitative estimate of drug-likeness (QED) is 0.834. The summed E-state index contributed by atoms with van der Waals surface area (Å²) in [4.78, 5) is 7.14. The van der Waals surface area contributed by atoms with Gasteiger partial charge in [0.2, 0.25) is 0 Å². The van der Waals surface area contributed by atoms with Crippen LogP contribution in [-0.4, -0.2) is 30.0 Å². The van der Waals surface area contributed by atoms with Gasteiger partial charge in [0, 0.05) is 19.6 Å². The summed E-state index contributed by atoms with van der Waals surface area (Å²) in [7, 11) is 1.95. The van der Waals surface area contributed by atoms with Crippen molar-refractivity contribution in [1.82, 2.24) is 15.2 Å². The maximum atomic E-state index is 4.65. The summed E-state index contributed by atoms with van der Waals surface area (Å²) in [5.74, 6) is 0.848. The Morgan fingerprint density at radius 1 is 1.44 bits per heavy atom. The first-order valence-corrected chi connectivity index (χ1v) is 6.09. The van der Waals surface area contributed by atoms with Crippen molar-refractivity contribution in [2.75, 3.05) is 20.1 Å². The number of hydrogen-bond donors (Lipinski definition) is 1. The molecule has 1 atom stereocenters. The Balaban J connectivity index is 1.95. The first kappa shape index (κ1) is 11.6. The Kier molecular flexibility index (Phi) is 3.91. The fourth-order valence-electron chi connectivity index (χ4n) is 2.30. The minimum Gasteiger partial charge on any atom is -0.314 e. The maximum Gasteiger partial charge on any atom is 0.0547 e. The lowest BCUT2D eigenvalue weighted by molar-refractivity contribution is 0.316. The van der Waals surface area contributed by atoms with E-state index in [2.05, 4.69) is 40.3 Å². The second-order valence-corrected chi connectivity index (χ2v) is 4.78. The molecule has 0 bridgehead atoms. The summed E-state index contributed by atoms with van der Waals surface area (Å²) in [5.41, 5.74) is 2.33. The number of aromatic nitrogens is 1. The van der Waals surface area contributed by atoms with E-state index in [0.29, 0.717) is 0 Å². The van der Waals surface area contributed by atoms with Crippen molar-refractivity contribution in [3.8, 4) is 0 Å². The Bertz CT molecular complexity index is 338. The molecule has 1 N–H and O–H groups in total. The Morgan fingerprint density at radius 2 is 2.25 bits per heavy atom. The smallest absolute Gasteiger partial charge is 0.0547 e. The fourth-order valence-corrected chi connectivity index (χ4v) is 2.30. The minimum atomic E-state index is 0.848. The van der Waals surface area contributed by atoms with Gasteiger partial charge in [-0.05, 0) is 38.1 Å². The molecule has 1 saturated heterocycles. The zero-order valence-corrected chi connectivity index (χ0v) is 10.2. The van der Waals surface area contributed by atoms with Crippen molar-refractivity contribution in [2.24, 2.45) is 5.92 Å². The fraction of sp³-hybridized carbons (Fsp3) is 0.615. The normalized spacial score (nSPS) is 21.5. The zero-order valence-electron chi connectivity index (χ0n) is 10.2. The van der Waals surface area contributed by atoms with E-state index in [-0.39, 0.29) is 0 Å². The number of nitrogens with one attached hydrogen (secondary N) is 1. The van der Waals surface area contributed by atoms with Crippen molar-refractivity contribution < 1.29 is 0 Å². The van der Waals surface area contributed by atoms with Gasteiger partial charge < -0.3 is 5.32 Å². The summed E-state index contributed by atoms with van der Waals surface area (Å²) in [6, 6.07) is 6.31. The Labute approximate surface area is 97.9 Å². The molecule has 0 aromatic carbocycles. The van der Waals surface area contributed by atoms with Crippen LogP contribution in [0.25, 0.3) is 0 Å². The largest absolute Gasteiger partial charge is 0.314 e. The van der Waals surface area contributed by atoms with Crippen LogP contribution in [0.15, 0.2) is 18.2 Å². The van der Waals surface area contributed by atoms with Crippen LogP contribution >= 0.6 is 0 Å². The molecule has 3 heteroatoms. The third-order valence-electron chi connectivity index (χ3n) is 3.12. The first-order chi connectivity index (χ1) is 7.78. The standard InChI is InChI=1S/C13H21N3/c1-11-6-7-16(9-11)10-13-5-3-4-12(15-13)8-14-2/h3-5,11,14H,6-10H2,1-2H3. The number of nitrogens with zero attached hydrogens (tertiary/aromatic N) is 2. The van der Waals surface area contributed by atoms with Gasteiger partial charge in [0.25, 0.3) is 0 Å². The highest BCUT2D eigenvalue weighted by atomic mass is 15.1. The molecule has 2 rings (SSSR count). The lowest BCUT2D eigenvalue weighted by atomic mass is 10.2. The van der Waals surface area contributed by atoms with E-state index in [9.17, 15) is 0 Å². The zero-order chi connectivity index (χ0) is 11.4. The highest BCUT2D eigenvalue weighted by molar-refractivity contribution is 5.11. The van der Waals surface area contributed by atoms with E-state index in [4.69, 9.17) is 0 Å². The monoisotopic (exact) mass is 219 g/mol. The molecular formula is C13H21N3. The lowest BCUT2D eigenvalue weighted by Gasteiger charge is -2.15. The minimum absolute atomic E-state index is 0.848. The SMILES string of the molecule is CNCc1cccc(CN2CCC(C)C2)n1. The van der Waals surface area contributed by atoms with Crippen molar-refractivity contribution >= 4 is 0 Å². The Hall–Kier alpha value is -0.930. The molecule has 1 aromatic rings. The third kappa shape index (κ3) is 3.03. The van der Waals surface area contributed by atoms with Gasteiger partial charge in [-0.15, -0.1) is 0 Å². The molecule has 0 amide bonds. The molecule has 88 valence electrons. The van der Waals surface area contributed by atoms with E-state index in [1.807, 2.05) is 7.05 Å². The molecule has 0 aliphatic carbocycles. The summed E-state index contributed by atoms with van der Waals surface area (Å²) < 4.78 is 0. The summed E-state index contributed by atoms with van der Waals surface area (Å²) in [6.07, 6.45) is 1.33. The van der Waals surface area contributed by atoms with Crippen molar-refractivity contribution in [1.29, 1.82) is 0 Å². The molecule has 1 aromatic heterocycles. The van der Waals surface area contributed by atoms with E-state index in [1.54, 1.807) is 0 Å². The van der Waals surface area contributed by atoms with Crippen LogP contribution in [-0.2, 0) is 13.1 Å². The number of likely N-dealkylation sites (tertiary alicyclic amines) is 1. The van der Waals surface area contributed by atoms with E-state index in [0.717, 1.165) is 24.7 Å². The average Bonchev–Trinajstić information content (AvgIpc) is 2.65. The molecule has 2 heterocycles. The van der Waals surface area contributed by atoms with Gasteiger partial charge in [0.15, 0.2) is 0 Å². The van der Waals surface area contributed by atoms with Crippen molar-refractivity contribution in [3.05, 3.63) is 29.6 Å². The average molecular weight is 219 g/mol. The number of pyridine rings is 1. The van der Waals surface area contributed by atoms with E-state index in [1.165, 1.54) is 25.2 Å². The highest BCUT2D eigenvalue weighted by Gasteiger charge is 2.18. The van der Waals surface area contributed by atoms with Crippen LogP contribution in [0.5, 0.6) is 0 Å². The van der Waals surface area contributed by atoms with E-state index < -0.39 is 0 Å². The first-order valence-electron chi connectivity index (χ1n) is 6.09. The van der Waals surface area contributed by atoms with Gasteiger partial charge in [0.05, 0.1) is 11.4 Å². The summed E-state index contributed by atoms with van der Waals surface area (Å²) in [6.45, 7) is 6.62. The van der Waals surface area contributed by atoms with Gasteiger partial charge in [0.1, 0.15) is 0 Å². The molecule has 16 heavy (non-hydrogen) atoms. The lowest BCUT2D eigenvalue weighted by Crippen LogP contribution is -2.20. The van der Waals surface area contributed by atoms with Crippen LogP contribution < -0.4 is 5.32 Å². The van der Waals surface area contributed by atoms with Crippen LogP contribution in [0, 0.1) is 5.92 Å². The van der Waals surface area contributed by atoms with Crippen LogP contribution in [0.1, 0.15) is 24.7 Å². The summed E-state index contributed by atoms with van der Waals surface area (Å²) >= 11 is 0. The van der Waals surface area contributed by atoms with Crippen molar-refractivity contribution in [3.63, 3.8) is 0 Å². The molecule has 0 radical (unpaired) electrons. The number of rotatable bonds is 4. The predicted octanol–water partition coefficient (Wildman–Crippen LogP) is 1.64. The Morgan fingerprint density at radius 3 is 2.94 bits per heavy atom. The molecule has 1 unspecified atom stereocenters. The van der Waals surface area contributed by atoms with Crippen LogP contribution in [0.4, 0.5) is 0 Å². The molecule has 1 aliphatic rings. The number of hydrogen-bond acceptors (Lipinski definition) is 3. The van der Waals surface area contributed by atoms with Gasteiger partial charge in [-0.25, -0.2) is 0 Å². The second-order valence-electron chi connectivity index (χ2n) is 4.78. The molecule has 1 fully saturated rings. The maximum absolute atomic E-state index is 4.65. The molecule has 0 saturated carbocycles. The molecule has 0 spiro atoms. The van der Waals surface area contributed by atoms with E-state index >= 15 is 0 Å². The molecular weight excluding hydrogens is 198 g/mol.